The van der Waals surface area contributed by atoms with E-state index in [1.807, 2.05) is 19.9 Å². The zero-order valence-electron chi connectivity index (χ0n) is 11.8. The number of carbonyl (C=O) groups is 2. The van der Waals surface area contributed by atoms with E-state index in [4.69, 9.17) is 10.00 Å². The first kappa shape index (κ1) is 16.1. The van der Waals surface area contributed by atoms with Crippen LogP contribution in [0.1, 0.15) is 47.5 Å². The molecule has 6 nitrogen and oxygen atoms in total. The Labute approximate surface area is 122 Å². The van der Waals surface area contributed by atoms with Gasteiger partial charge in [0.05, 0.1) is 19.1 Å². The van der Waals surface area contributed by atoms with Crippen LogP contribution in [0.2, 0.25) is 0 Å². The smallest absolute Gasteiger partial charge is 0.367 e. The van der Waals surface area contributed by atoms with Crippen molar-refractivity contribution < 1.29 is 14.3 Å². The van der Waals surface area contributed by atoms with Gasteiger partial charge in [-0.1, -0.05) is 0 Å². The number of amides is 1. The van der Waals surface area contributed by atoms with E-state index in [1.165, 1.54) is 5.38 Å². The Balaban J connectivity index is 2.85. The predicted octanol–water partition coefficient (Wildman–Crippen LogP) is 2.08. The second-order valence-electron chi connectivity index (χ2n) is 4.26. The molecule has 0 N–H and O–H groups in total. The van der Waals surface area contributed by atoms with Crippen molar-refractivity contribution in [1.29, 1.82) is 5.26 Å². The summed E-state index contributed by atoms with van der Waals surface area (Å²) in [6.45, 7) is 6.06. The molecule has 0 aromatic carbocycles. The summed E-state index contributed by atoms with van der Waals surface area (Å²) in [5, 5.41) is 10.3. The van der Waals surface area contributed by atoms with E-state index >= 15 is 0 Å². The van der Waals surface area contributed by atoms with Gasteiger partial charge in [0, 0.05) is 18.0 Å². The molecule has 1 rings (SSSR count). The summed E-state index contributed by atoms with van der Waals surface area (Å²) in [5.74, 6) is -0.799. The summed E-state index contributed by atoms with van der Waals surface area (Å²) in [6.07, 6.45) is 0.263. The molecule has 0 bridgehead atoms. The lowest BCUT2D eigenvalue weighted by atomic mass is 10.2. The van der Waals surface area contributed by atoms with Crippen LogP contribution in [0, 0.1) is 11.3 Å². The molecule has 20 heavy (non-hydrogen) atoms. The molecule has 1 amide bonds. The highest BCUT2D eigenvalue weighted by molar-refractivity contribution is 7.11. The number of thiazole rings is 1. The Morgan fingerprint density at radius 1 is 1.55 bits per heavy atom. The van der Waals surface area contributed by atoms with Gasteiger partial charge >= 0.3 is 5.97 Å². The minimum Gasteiger partial charge on any atom is -0.461 e. The second-order valence-corrected chi connectivity index (χ2v) is 5.12. The van der Waals surface area contributed by atoms with Crippen LogP contribution in [0.15, 0.2) is 5.38 Å². The zero-order chi connectivity index (χ0) is 15.1. The minimum atomic E-state index is -0.523. The molecule has 0 unspecified atom stereocenters. The number of nitriles is 1. The Morgan fingerprint density at radius 3 is 2.80 bits per heavy atom. The van der Waals surface area contributed by atoms with Gasteiger partial charge in [-0.3, -0.25) is 4.79 Å². The van der Waals surface area contributed by atoms with E-state index < -0.39 is 5.97 Å². The summed E-state index contributed by atoms with van der Waals surface area (Å²) in [4.78, 5) is 29.4. The molecule has 0 spiro atoms. The van der Waals surface area contributed by atoms with Gasteiger partial charge in [0.25, 0.3) is 5.91 Å². The van der Waals surface area contributed by atoms with Crippen LogP contribution in [0.3, 0.4) is 0 Å². The van der Waals surface area contributed by atoms with Crippen LogP contribution in [0.5, 0.6) is 0 Å². The maximum absolute atomic E-state index is 12.3. The fourth-order valence-electron chi connectivity index (χ4n) is 1.57. The standard InChI is InChI=1S/C13H17N3O3S/c1-4-19-13(18)11-15-10(8-20-11)12(17)16(9(2)3)7-5-6-14/h8-9H,4-5,7H2,1-3H3. The van der Waals surface area contributed by atoms with Crippen LogP contribution in [-0.2, 0) is 4.74 Å². The number of hydrogen-bond acceptors (Lipinski definition) is 6. The highest BCUT2D eigenvalue weighted by Crippen LogP contribution is 2.14. The van der Waals surface area contributed by atoms with Crippen molar-refractivity contribution in [1.82, 2.24) is 9.88 Å². The largest absolute Gasteiger partial charge is 0.461 e. The quantitative estimate of drug-likeness (QED) is 0.750. The molecule has 1 aromatic heterocycles. The average molecular weight is 295 g/mol. The van der Waals surface area contributed by atoms with Crippen LogP contribution in [0.25, 0.3) is 0 Å². The molecule has 0 aliphatic rings. The summed E-state index contributed by atoms with van der Waals surface area (Å²) in [7, 11) is 0. The predicted molar refractivity (Wildman–Crippen MR) is 74.5 cm³/mol. The van der Waals surface area contributed by atoms with Crippen LogP contribution < -0.4 is 0 Å². The SMILES string of the molecule is CCOC(=O)c1nc(C(=O)N(CCC#N)C(C)C)cs1. The third kappa shape index (κ3) is 4.03. The Kier molecular flexibility index (Phi) is 6.12. The Bertz CT molecular complexity index is 519. The van der Waals surface area contributed by atoms with Crippen molar-refractivity contribution in [2.24, 2.45) is 0 Å². The molecule has 0 atom stereocenters. The van der Waals surface area contributed by atoms with Crippen LogP contribution in [-0.4, -0.2) is 41.0 Å². The molecule has 1 heterocycles. The van der Waals surface area contributed by atoms with E-state index in [9.17, 15) is 9.59 Å². The van der Waals surface area contributed by atoms with Crippen molar-refractivity contribution in [2.75, 3.05) is 13.2 Å². The lowest BCUT2D eigenvalue weighted by Gasteiger charge is -2.24. The first-order valence-electron chi connectivity index (χ1n) is 6.31. The normalized spacial score (nSPS) is 10.2. The fourth-order valence-corrected chi connectivity index (χ4v) is 2.25. The Hall–Kier alpha value is -1.94. The van der Waals surface area contributed by atoms with Gasteiger partial charge in [-0.2, -0.15) is 5.26 Å². The highest BCUT2D eigenvalue weighted by Gasteiger charge is 2.22. The summed E-state index contributed by atoms with van der Waals surface area (Å²) >= 11 is 1.08. The maximum Gasteiger partial charge on any atom is 0.367 e. The topological polar surface area (TPSA) is 83.3 Å². The Morgan fingerprint density at radius 2 is 2.25 bits per heavy atom. The van der Waals surface area contributed by atoms with Gasteiger partial charge in [0.15, 0.2) is 0 Å². The van der Waals surface area contributed by atoms with Crippen molar-refractivity contribution >= 4 is 23.2 Å². The van der Waals surface area contributed by atoms with Crippen molar-refractivity contribution in [3.8, 4) is 6.07 Å². The molecule has 7 heteroatoms. The van der Waals surface area contributed by atoms with E-state index in [0.717, 1.165) is 11.3 Å². The van der Waals surface area contributed by atoms with E-state index in [0.29, 0.717) is 6.54 Å². The molecular weight excluding hydrogens is 278 g/mol. The summed E-state index contributed by atoms with van der Waals surface area (Å²) in [5.41, 5.74) is 0.213. The number of esters is 1. The first-order valence-corrected chi connectivity index (χ1v) is 7.19. The van der Waals surface area contributed by atoms with Crippen molar-refractivity contribution in [3.63, 3.8) is 0 Å². The molecule has 0 radical (unpaired) electrons. The minimum absolute atomic E-state index is 0.0383. The number of aromatic nitrogens is 1. The molecule has 108 valence electrons. The molecule has 0 saturated carbocycles. The zero-order valence-corrected chi connectivity index (χ0v) is 12.6. The van der Waals surface area contributed by atoms with Crippen molar-refractivity contribution in [2.45, 2.75) is 33.2 Å². The van der Waals surface area contributed by atoms with Gasteiger partial charge in [0.1, 0.15) is 5.69 Å². The maximum atomic E-state index is 12.3. The molecule has 0 aliphatic carbocycles. The highest BCUT2D eigenvalue weighted by atomic mass is 32.1. The summed E-state index contributed by atoms with van der Waals surface area (Å²) in [6, 6.07) is 1.98. The van der Waals surface area contributed by atoms with E-state index in [2.05, 4.69) is 4.98 Å². The van der Waals surface area contributed by atoms with Crippen LogP contribution >= 0.6 is 11.3 Å². The number of hydrogen-bond donors (Lipinski definition) is 0. The van der Waals surface area contributed by atoms with E-state index in [1.54, 1.807) is 11.8 Å². The van der Waals surface area contributed by atoms with Gasteiger partial charge in [-0.05, 0) is 20.8 Å². The fraction of sp³-hybridized carbons (Fsp3) is 0.538. The number of nitrogens with zero attached hydrogens (tertiary/aromatic N) is 3. The molecule has 1 aromatic rings. The molecule has 0 aliphatic heterocycles. The molecule has 0 fully saturated rings. The van der Waals surface area contributed by atoms with Gasteiger partial charge in [-0.25, -0.2) is 9.78 Å². The van der Waals surface area contributed by atoms with Gasteiger partial charge in [0.2, 0.25) is 5.01 Å². The second kappa shape index (κ2) is 7.60. The monoisotopic (exact) mass is 295 g/mol. The lowest BCUT2D eigenvalue weighted by molar-refractivity contribution is 0.0526. The average Bonchev–Trinajstić information content (AvgIpc) is 2.88. The number of ether oxygens (including phenoxy) is 1. The third-order valence-electron chi connectivity index (χ3n) is 2.52. The lowest BCUT2D eigenvalue weighted by Crippen LogP contribution is -2.37. The van der Waals surface area contributed by atoms with Gasteiger partial charge in [-0.15, -0.1) is 11.3 Å². The first-order chi connectivity index (χ1) is 9.51. The van der Waals surface area contributed by atoms with E-state index in [-0.39, 0.29) is 35.7 Å². The van der Waals surface area contributed by atoms with Crippen molar-refractivity contribution in [3.05, 3.63) is 16.1 Å². The number of carbonyl (C=O) groups excluding carboxylic acids is 2. The third-order valence-corrected chi connectivity index (χ3v) is 3.34. The molecular formula is C13H17N3O3S. The van der Waals surface area contributed by atoms with Crippen LogP contribution in [0.4, 0.5) is 0 Å². The number of rotatable bonds is 6. The van der Waals surface area contributed by atoms with Gasteiger partial charge < -0.3 is 9.64 Å². The molecule has 0 saturated heterocycles. The summed E-state index contributed by atoms with van der Waals surface area (Å²) < 4.78 is 4.83.